The van der Waals surface area contributed by atoms with E-state index in [-0.39, 0.29) is 5.97 Å². The Balaban J connectivity index is 1.39. The van der Waals surface area contributed by atoms with E-state index in [9.17, 15) is 4.79 Å². The van der Waals surface area contributed by atoms with Crippen molar-refractivity contribution in [2.75, 3.05) is 44.7 Å². The lowest BCUT2D eigenvalue weighted by Crippen LogP contribution is -2.50. The molecule has 0 radical (unpaired) electrons. The van der Waals surface area contributed by atoms with Gasteiger partial charge in [-0.25, -0.2) is 4.79 Å². The number of nitrogens with zero attached hydrogens (tertiary/aromatic N) is 6. The third-order valence-electron chi connectivity index (χ3n) is 5.98. The predicted octanol–water partition coefficient (Wildman–Crippen LogP) is 1.83. The Morgan fingerprint density at radius 3 is 2.39 bits per heavy atom. The summed E-state index contributed by atoms with van der Waals surface area (Å²) in [6, 6.07) is 9.84. The lowest BCUT2D eigenvalue weighted by molar-refractivity contribution is -0.141. The van der Waals surface area contributed by atoms with E-state index in [1.165, 1.54) is 23.8 Å². The van der Waals surface area contributed by atoms with Crippen molar-refractivity contribution in [1.82, 2.24) is 15.1 Å². The molecule has 0 saturated carbocycles. The molecule has 1 unspecified atom stereocenters. The number of aromatic nitrogens is 2. The molecule has 1 aromatic heterocycles. The molecule has 0 aliphatic carbocycles. The van der Waals surface area contributed by atoms with E-state index >= 15 is 0 Å². The fourth-order valence-electron chi connectivity index (χ4n) is 3.92. The summed E-state index contributed by atoms with van der Waals surface area (Å²) in [5.41, 5.74) is 4.66. The fraction of sp³-hybridized carbons (Fsp3) is 0.435. The van der Waals surface area contributed by atoms with Crippen LogP contribution < -0.4 is 4.90 Å². The SMILES string of the molecule is COC(=O)C1CN=C(N2CCN(c3nnc(Cc4ccccc4)c(C)c3C)CC2)C=N1. The molecule has 0 amide bonds. The van der Waals surface area contributed by atoms with Crippen molar-refractivity contribution in [3.05, 3.63) is 52.7 Å². The molecule has 8 nitrogen and oxygen atoms in total. The van der Waals surface area contributed by atoms with Gasteiger partial charge in [0.2, 0.25) is 0 Å². The average molecular weight is 421 g/mol. The van der Waals surface area contributed by atoms with E-state index in [1.54, 1.807) is 6.21 Å². The summed E-state index contributed by atoms with van der Waals surface area (Å²) in [6.45, 7) is 7.91. The van der Waals surface area contributed by atoms with Gasteiger partial charge in [0.25, 0.3) is 0 Å². The van der Waals surface area contributed by atoms with Crippen molar-refractivity contribution >= 4 is 23.8 Å². The molecule has 1 fully saturated rings. The predicted molar refractivity (Wildman–Crippen MR) is 121 cm³/mol. The molecule has 2 aromatic rings. The number of hydrogen-bond donors (Lipinski definition) is 0. The number of carbonyl (C=O) groups excluding carboxylic acids is 1. The van der Waals surface area contributed by atoms with Crippen molar-refractivity contribution in [3.8, 4) is 0 Å². The first-order chi connectivity index (χ1) is 15.1. The summed E-state index contributed by atoms with van der Waals surface area (Å²) in [5, 5.41) is 9.14. The van der Waals surface area contributed by atoms with Gasteiger partial charge in [0.05, 0.1) is 25.6 Å². The molecule has 0 spiro atoms. The van der Waals surface area contributed by atoms with E-state index in [2.05, 4.69) is 68.1 Å². The summed E-state index contributed by atoms with van der Waals surface area (Å²) < 4.78 is 4.74. The summed E-state index contributed by atoms with van der Waals surface area (Å²) in [4.78, 5) is 24.9. The zero-order valence-corrected chi connectivity index (χ0v) is 18.3. The zero-order chi connectivity index (χ0) is 21.8. The highest BCUT2D eigenvalue weighted by Crippen LogP contribution is 2.24. The number of anilines is 1. The van der Waals surface area contributed by atoms with E-state index in [4.69, 9.17) is 4.74 Å². The maximum absolute atomic E-state index is 11.6. The number of benzene rings is 1. The van der Waals surface area contributed by atoms with Crippen LogP contribution in [0.5, 0.6) is 0 Å². The van der Waals surface area contributed by atoms with Crippen LogP contribution in [0.4, 0.5) is 5.82 Å². The van der Waals surface area contributed by atoms with Gasteiger partial charge < -0.3 is 14.5 Å². The third-order valence-corrected chi connectivity index (χ3v) is 5.98. The maximum atomic E-state index is 11.6. The van der Waals surface area contributed by atoms with Crippen molar-refractivity contribution in [2.24, 2.45) is 9.98 Å². The van der Waals surface area contributed by atoms with Crippen molar-refractivity contribution in [1.29, 1.82) is 0 Å². The third kappa shape index (κ3) is 4.57. The van der Waals surface area contributed by atoms with Crippen LogP contribution in [-0.2, 0) is 16.0 Å². The topological polar surface area (TPSA) is 83.3 Å². The van der Waals surface area contributed by atoms with Gasteiger partial charge in [-0.05, 0) is 30.5 Å². The highest BCUT2D eigenvalue weighted by molar-refractivity contribution is 6.30. The van der Waals surface area contributed by atoms with Crippen LogP contribution in [0.15, 0.2) is 40.3 Å². The van der Waals surface area contributed by atoms with E-state index in [0.717, 1.165) is 49.9 Å². The Morgan fingerprint density at radius 1 is 1.03 bits per heavy atom. The largest absolute Gasteiger partial charge is 0.467 e. The number of esters is 1. The number of piperazine rings is 1. The van der Waals surface area contributed by atoms with E-state index < -0.39 is 6.04 Å². The number of hydrogen-bond acceptors (Lipinski definition) is 8. The number of ether oxygens (including phenoxy) is 1. The summed E-state index contributed by atoms with van der Waals surface area (Å²) in [6.07, 6.45) is 2.48. The quantitative estimate of drug-likeness (QED) is 0.702. The van der Waals surface area contributed by atoms with Crippen LogP contribution in [0, 0.1) is 13.8 Å². The van der Waals surface area contributed by atoms with E-state index in [0.29, 0.717) is 6.54 Å². The van der Waals surface area contributed by atoms with Gasteiger partial charge >= 0.3 is 5.97 Å². The van der Waals surface area contributed by atoms with E-state index in [1.807, 2.05) is 6.07 Å². The fourth-order valence-corrected chi connectivity index (χ4v) is 3.92. The lowest BCUT2D eigenvalue weighted by Gasteiger charge is -2.37. The van der Waals surface area contributed by atoms with Crippen molar-refractivity contribution < 1.29 is 9.53 Å². The first kappa shape index (κ1) is 21.0. The Morgan fingerprint density at radius 2 is 1.74 bits per heavy atom. The molecule has 8 heteroatoms. The maximum Gasteiger partial charge on any atom is 0.332 e. The first-order valence-electron chi connectivity index (χ1n) is 10.6. The standard InChI is InChI=1S/C23H28N6O2/c1-16-17(2)22(27-26-19(16)13-18-7-5-4-6-8-18)29-11-9-28(10-12-29)21-15-24-20(14-25-21)23(30)31-3/h4-8,15,20H,9-14H2,1-3H3. The summed E-state index contributed by atoms with van der Waals surface area (Å²) in [5.74, 6) is 1.44. The normalized spacial score (nSPS) is 18.7. The minimum absolute atomic E-state index is 0.339. The molecule has 31 heavy (non-hydrogen) atoms. The monoisotopic (exact) mass is 420 g/mol. The Hall–Kier alpha value is -3.29. The molecule has 3 heterocycles. The number of amidine groups is 1. The van der Waals surface area contributed by atoms with Gasteiger partial charge in [-0.2, -0.15) is 5.10 Å². The van der Waals surface area contributed by atoms with Crippen LogP contribution in [0.25, 0.3) is 0 Å². The van der Waals surface area contributed by atoms with Crippen molar-refractivity contribution in [3.63, 3.8) is 0 Å². The van der Waals surface area contributed by atoms with Gasteiger partial charge in [0.15, 0.2) is 11.9 Å². The molecule has 2 aliphatic rings. The molecular formula is C23H28N6O2. The second kappa shape index (κ2) is 9.24. The average Bonchev–Trinajstić information content (AvgIpc) is 2.83. The van der Waals surface area contributed by atoms with Gasteiger partial charge in [0.1, 0.15) is 5.84 Å². The van der Waals surface area contributed by atoms with Crippen LogP contribution in [-0.4, -0.2) is 79.0 Å². The second-order valence-electron chi connectivity index (χ2n) is 7.87. The Kier molecular flexibility index (Phi) is 6.25. The molecule has 162 valence electrons. The molecule has 4 rings (SSSR count). The molecule has 1 saturated heterocycles. The number of carbonyl (C=O) groups is 1. The Bertz CT molecular complexity index is 997. The second-order valence-corrected chi connectivity index (χ2v) is 7.87. The summed E-state index contributed by atoms with van der Waals surface area (Å²) >= 11 is 0. The lowest BCUT2D eigenvalue weighted by atomic mass is 10.0. The van der Waals surface area contributed by atoms with Gasteiger partial charge in [-0.1, -0.05) is 30.3 Å². The van der Waals surface area contributed by atoms with Crippen LogP contribution in [0.2, 0.25) is 0 Å². The Labute approximate surface area is 182 Å². The first-order valence-corrected chi connectivity index (χ1v) is 10.6. The highest BCUT2D eigenvalue weighted by atomic mass is 16.5. The van der Waals surface area contributed by atoms with Gasteiger partial charge in [-0.15, -0.1) is 5.10 Å². The molecule has 1 aromatic carbocycles. The van der Waals surface area contributed by atoms with Crippen LogP contribution >= 0.6 is 0 Å². The molecule has 2 aliphatic heterocycles. The van der Waals surface area contributed by atoms with Gasteiger partial charge in [-0.3, -0.25) is 9.98 Å². The number of rotatable bonds is 4. The minimum atomic E-state index is -0.523. The number of methoxy groups -OCH3 is 1. The number of aliphatic imine (C=N–C) groups is 2. The summed E-state index contributed by atoms with van der Waals surface area (Å²) in [7, 11) is 1.37. The van der Waals surface area contributed by atoms with Gasteiger partial charge in [0, 0.05) is 32.6 Å². The highest BCUT2D eigenvalue weighted by Gasteiger charge is 2.26. The molecule has 0 N–H and O–H groups in total. The molecule has 1 atom stereocenters. The molecular weight excluding hydrogens is 392 g/mol. The van der Waals surface area contributed by atoms with Crippen molar-refractivity contribution in [2.45, 2.75) is 26.3 Å². The smallest absolute Gasteiger partial charge is 0.332 e. The van der Waals surface area contributed by atoms with Crippen LogP contribution in [0.1, 0.15) is 22.4 Å². The molecule has 0 bridgehead atoms. The van der Waals surface area contributed by atoms with Crippen LogP contribution in [0.3, 0.4) is 0 Å². The minimum Gasteiger partial charge on any atom is -0.467 e. The zero-order valence-electron chi connectivity index (χ0n) is 18.3.